The standard InChI is InChI=1S/C13H14ClNO4/c1-7-5-8(13(15)18)6-9(14)12(7)10(16)3-4-11(17)19-2/h5-6H,3-4H2,1-2H3,(H2,15,18). The van der Waals surface area contributed by atoms with Crippen molar-refractivity contribution < 1.29 is 19.1 Å². The lowest BCUT2D eigenvalue weighted by Crippen LogP contribution is -2.13. The number of amides is 1. The number of methoxy groups -OCH3 is 1. The highest BCUT2D eigenvalue weighted by Crippen LogP contribution is 2.24. The third-order valence-corrected chi connectivity index (χ3v) is 2.93. The number of carbonyl (C=O) groups excluding carboxylic acids is 3. The number of carbonyl (C=O) groups is 3. The predicted molar refractivity (Wildman–Crippen MR) is 70.3 cm³/mol. The second-order valence-corrected chi connectivity index (χ2v) is 4.42. The Kier molecular flexibility index (Phi) is 5.06. The first-order valence-electron chi connectivity index (χ1n) is 5.56. The summed E-state index contributed by atoms with van der Waals surface area (Å²) in [6.45, 7) is 1.66. The summed E-state index contributed by atoms with van der Waals surface area (Å²) >= 11 is 5.98. The molecule has 0 aliphatic rings. The van der Waals surface area contributed by atoms with Crippen molar-refractivity contribution in [2.24, 2.45) is 5.73 Å². The van der Waals surface area contributed by atoms with E-state index in [1.807, 2.05) is 0 Å². The zero-order chi connectivity index (χ0) is 14.6. The number of Topliss-reactive ketones (excluding diaryl/α,β-unsaturated/α-hetero) is 1. The lowest BCUT2D eigenvalue weighted by molar-refractivity contribution is -0.140. The van der Waals surface area contributed by atoms with Crippen LogP contribution < -0.4 is 5.73 Å². The molecule has 1 aromatic rings. The van der Waals surface area contributed by atoms with Crippen LogP contribution in [0, 0.1) is 6.92 Å². The van der Waals surface area contributed by atoms with E-state index in [-0.39, 0.29) is 29.2 Å². The summed E-state index contributed by atoms with van der Waals surface area (Å²) in [6.07, 6.45) is -0.00811. The number of nitrogens with two attached hydrogens (primary N) is 1. The van der Waals surface area contributed by atoms with Crippen LogP contribution in [0.4, 0.5) is 0 Å². The maximum Gasteiger partial charge on any atom is 0.305 e. The van der Waals surface area contributed by atoms with Crippen LogP contribution in [0.2, 0.25) is 5.02 Å². The summed E-state index contributed by atoms with van der Waals surface area (Å²) in [5.74, 6) is -1.35. The van der Waals surface area contributed by atoms with E-state index in [1.165, 1.54) is 19.2 Å². The van der Waals surface area contributed by atoms with E-state index in [0.717, 1.165) is 0 Å². The van der Waals surface area contributed by atoms with Crippen molar-refractivity contribution in [2.45, 2.75) is 19.8 Å². The van der Waals surface area contributed by atoms with Gasteiger partial charge in [-0.3, -0.25) is 14.4 Å². The van der Waals surface area contributed by atoms with Gasteiger partial charge in [0, 0.05) is 17.5 Å². The molecule has 19 heavy (non-hydrogen) atoms. The Balaban J connectivity index is 2.98. The zero-order valence-electron chi connectivity index (χ0n) is 10.7. The largest absolute Gasteiger partial charge is 0.469 e. The Morgan fingerprint density at radius 2 is 1.89 bits per heavy atom. The van der Waals surface area contributed by atoms with Crippen molar-refractivity contribution in [1.29, 1.82) is 0 Å². The number of esters is 1. The van der Waals surface area contributed by atoms with Crippen LogP contribution >= 0.6 is 11.6 Å². The summed E-state index contributed by atoms with van der Waals surface area (Å²) in [6, 6.07) is 2.85. The molecule has 1 rings (SSSR count). The molecule has 0 saturated carbocycles. The molecule has 102 valence electrons. The fraction of sp³-hybridized carbons (Fsp3) is 0.308. The Labute approximate surface area is 115 Å². The number of primary amides is 1. The number of ether oxygens (including phenoxy) is 1. The van der Waals surface area contributed by atoms with Gasteiger partial charge in [-0.15, -0.1) is 0 Å². The first-order chi connectivity index (χ1) is 8.86. The maximum atomic E-state index is 12.0. The fourth-order valence-corrected chi connectivity index (χ4v) is 2.05. The molecule has 1 amide bonds. The van der Waals surface area contributed by atoms with Gasteiger partial charge in [0.25, 0.3) is 0 Å². The molecule has 0 radical (unpaired) electrons. The van der Waals surface area contributed by atoms with E-state index in [4.69, 9.17) is 17.3 Å². The Hall–Kier alpha value is -1.88. The van der Waals surface area contributed by atoms with Gasteiger partial charge in [0.2, 0.25) is 5.91 Å². The van der Waals surface area contributed by atoms with E-state index in [0.29, 0.717) is 11.1 Å². The van der Waals surface area contributed by atoms with Crippen LogP contribution in [-0.4, -0.2) is 24.8 Å². The van der Waals surface area contributed by atoms with E-state index in [2.05, 4.69) is 4.74 Å². The molecule has 6 heteroatoms. The summed E-state index contributed by atoms with van der Waals surface area (Å²) in [4.78, 5) is 34.0. The number of ketones is 1. The van der Waals surface area contributed by atoms with Gasteiger partial charge in [-0.1, -0.05) is 11.6 Å². The molecule has 0 unspecified atom stereocenters. The first kappa shape index (κ1) is 15.2. The molecular weight excluding hydrogens is 270 g/mol. The van der Waals surface area contributed by atoms with Crippen molar-refractivity contribution in [3.8, 4) is 0 Å². The van der Waals surface area contributed by atoms with Gasteiger partial charge in [-0.05, 0) is 24.6 Å². The quantitative estimate of drug-likeness (QED) is 0.660. The summed E-state index contributed by atoms with van der Waals surface area (Å²) < 4.78 is 4.46. The van der Waals surface area contributed by atoms with Gasteiger partial charge < -0.3 is 10.5 Å². The van der Waals surface area contributed by atoms with Crippen LogP contribution in [0.1, 0.15) is 39.1 Å². The monoisotopic (exact) mass is 283 g/mol. The molecule has 0 bridgehead atoms. The van der Waals surface area contributed by atoms with Crippen LogP contribution in [0.15, 0.2) is 12.1 Å². The Morgan fingerprint density at radius 3 is 2.37 bits per heavy atom. The summed E-state index contributed by atoms with van der Waals surface area (Å²) in [7, 11) is 1.26. The lowest BCUT2D eigenvalue weighted by atomic mass is 9.99. The Bertz CT molecular complexity index is 516. The van der Waals surface area contributed by atoms with Gasteiger partial charge >= 0.3 is 5.97 Å². The van der Waals surface area contributed by atoms with Crippen LogP contribution in [0.25, 0.3) is 0 Å². The maximum absolute atomic E-state index is 12.0. The van der Waals surface area contributed by atoms with Gasteiger partial charge in [0.1, 0.15) is 0 Å². The van der Waals surface area contributed by atoms with Gasteiger partial charge in [0.05, 0.1) is 18.6 Å². The number of benzene rings is 1. The third kappa shape index (κ3) is 3.79. The molecule has 0 atom stereocenters. The number of halogens is 1. The van der Waals surface area contributed by atoms with Crippen LogP contribution in [0.3, 0.4) is 0 Å². The predicted octanol–water partition coefficient (Wildman–Crippen LogP) is 1.88. The third-order valence-electron chi connectivity index (χ3n) is 2.63. The second kappa shape index (κ2) is 6.33. The van der Waals surface area contributed by atoms with Gasteiger partial charge in [-0.25, -0.2) is 0 Å². The minimum atomic E-state index is -0.612. The van der Waals surface area contributed by atoms with E-state index < -0.39 is 11.9 Å². The Morgan fingerprint density at radius 1 is 1.26 bits per heavy atom. The molecule has 0 heterocycles. The highest BCUT2D eigenvalue weighted by atomic mass is 35.5. The van der Waals surface area contributed by atoms with E-state index in [9.17, 15) is 14.4 Å². The zero-order valence-corrected chi connectivity index (χ0v) is 11.4. The van der Waals surface area contributed by atoms with Crippen molar-refractivity contribution in [2.75, 3.05) is 7.11 Å². The van der Waals surface area contributed by atoms with E-state index in [1.54, 1.807) is 6.92 Å². The molecule has 0 aliphatic heterocycles. The number of rotatable bonds is 5. The normalized spacial score (nSPS) is 10.1. The van der Waals surface area contributed by atoms with Crippen molar-refractivity contribution >= 4 is 29.3 Å². The molecule has 1 aromatic carbocycles. The number of hydrogen-bond donors (Lipinski definition) is 1. The molecule has 0 saturated heterocycles. The molecular formula is C13H14ClNO4. The van der Waals surface area contributed by atoms with Crippen molar-refractivity contribution in [1.82, 2.24) is 0 Å². The molecule has 0 spiro atoms. The van der Waals surface area contributed by atoms with Crippen molar-refractivity contribution in [3.63, 3.8) is 0 Å². The average Bonchev–Trinajstić information content (AvgIpc) is 2.34. The molecule has 0 aliphatic carbocycles. The lowest BCUT2D eigenvalue weighted by Gasteiger charge is -2.09. The first-order valence-corrected chi connectivity index (χ1v) is 5.94. The SMILES string of the molecule is COC(=O)CCC(=O)c1c(C)cc(C(N)=O)cc1Cl. The second-order valence-electron chi connectivity index (χ2n) is 4.01. The number of aryl methyl sites for hydroxylation is 1. The molecule has 5 nitrogen and oxygen atoms in total. The summed E-state index contributed by atoms with van der Waals surface area (Å²) in [5, 5.41) is 0.156. The van der Waals surface area contributed by atoms with E-state index >= 15 is 0 Å². The molecule has 0 aromatic heterocycles. The van der Waals surface area contributed by atoms with Gasteiger partial charge in [0.15, 0.2) is 5.78 Å². The fourth-order valence-electron chi connectivity index (χ4n) is 1.68. The smallest absolute Gasteiger partial charge is 0.305 e. The van der Waals surface area contributed by atoms with Crippen molar-refractivity contribution in [3.05, 3.63) is 33.8 Å². The molecule has 2 N–H and O–H groups in total. The minimum Gasteiger partial charge on any atom is -0.469 e. The highest BCUT2D eigenvalue weighted by Gasteiger charge is 2.17. The van der Waals surface area contributed by atoms with Gasteiger partial charge in [-0.2, -0.15) is 0 Å². The highest BCUT2D eigenvalue weighted by molar-refractivity contribution is 6.34. The topological polar surface area (TPSA) is 86.5 Å². The van der Waals surface area contributed by atoms with Crippen LogP contribution in [0.5, 0.6) is 0 Å². The average molecular weight is 284 g/mol. The molecule has 0 fully saturated rings. The summed E-state index contributed by atoms with van der Waals surface area (Å²) in [5.41, 5.74) is 6.25. The minimum absolute atomic E-state index is 0.00313. The number of hydrogen-bond acceptors (Lipinski definition) is 4. The van der Waals surface area contributed by atoms with Crippen LogP contribution in [-0.2, 0) is 9.53 Å².